The highest BCUT2D eigenvalue weighted by Gasteiger charge is 2.14. The summed E-state index contributed by atoms with van der Waals surface area (Å²) in [7, 11) is -1.56. The van der Waals surface area contributed by atoms with E-state index in [1.165, 1.54) is 0 Å². The molecule has 2 rings (SSSR count). The number of amides is 1. The van der Waals surface area contributed by atoms with Crippen LogP contribution in [0.2, 0.25) is 0 Å². The Hall–Kier alpha value is -2.19. The van der Waals surface area contributed by atoms with Crippen LogP contribution in [-0.2, 0) is 29.4 Å². The van der Waals surface area contributed by atoms with E-state index >= 15 is 0 Å². The van der Waals surface area contributed by atoms with E-state index in [-0.39, 0.29) is 17.7 Å². The quantitative estimate of drug-likeness (QED) is 0.778. The summed E-state index contributed by atoms with van der Waals surface area (Å²) in [5.74, 6) is -0.245. The molecule has 1 heterocycles. The van der Waals surface area contributed by atoms with Crippen molar-refractivity contribution >= 4 is 15.9 Å². The van der Waals surface area contributed by atoms with Crippen LogP contribution < -0.4 is 10.0 Å². The maximum absolute atomic E-state index is 12.2. The molecule has 25 heavy (non-hydrogen) atoms. The van der Waals surface area contributed by atoms with Crippen molar-refractivity contribution in [3.63, 3.8) is 0 Å². The zero-order valence-electron chi connectivity index (χ0n) is 14.9. The summed E-state index contributed by atoms with van der Waals surface area (Å²) in [5, 5.41) is 6.89. The molecule has 0 saturated heterocycles. The summed E-state index contributed by atoms with van der Waals surface area (Å²) >= 11 is 0. The zero-order chi connectivity index (χ0) is 18.6. The maximum Gasteiger partial charge on any atom is 0.255 e. The van der Waals surface area contributed by atoms with E-state index in [1.807, 2.05) is 19.1 Å². The van der Waals surface area contributed by atoms with Gasteiger partial charge < -0.3 is 5.32 Å². The van der Waals surface area contributed by atoms with E-state index in [4.69, 9.17) is 0 Å². The zero-order valence-corrected chi connectivity index (χ0v) is 15.7. The number of rotatable bonds is 7. The molecule has 1 amide bonds. The summed E-state index contributed by atoms with van der Waals surface area (Å²) in [5.41, 5.74) is 2.94. The lowest BCUT2D eigenvalue weighted by Crippen LogP contribution is -2.31. The molecule has 0 aliphatic rings. The van der Waals surface area contributed by atoms with Gasteiger partial charge in [0, 0.05) is 25.3 Å². The molecular formula is C17H24N4O3S. The Morgan fingerprint density at radius 1 is 1.20 bits per heavy atom. The number of carbonyl (C=O) groups excluding carboxylic acids is 1. The minimum Gasteiger partial charge on any atom is -0.348 e. The van der Waals surface area contributed by atoms with Crippen molar-refractivity contribution in [1.29, 1.82) is 0 Å². The SMILES string of the molecule is Cc1c(C(=O)NCc2ccc(CS(=O)(=O)NC(C)C)cc2)cnn1C. The van der Waals surface area contributed by atoms with Gasteiger partial charge in [0.2, 0.25) is 10.0 Å². The van der Waals surface area contributed by atoms with Crippen LogP contribution in [0.1, 0.15) is 41.0 Å². The van der Waals surface area contributed by atoms with Gasteiger partial charge >= 0.3 is 0 Å². The number of aryl methyl sites for hydroxylation is 1. The molecule has 0 fully saturated rings. The molecule has 8 heteroatoms. The van der Waals surface area contributed by atoms with E-state index in [1.54, 1.807) is 43.9 Å². The third-order valence-electron chi connectivity index (χ3n) is 3.73. The molecule has 136 valence electrons. The normalized spacial score (nSPS) is 11.7. The van der Waals surface area contributed by atoms with Gasteiger partial charge in [-0.1, -0.05) is 24.3 Å². The summed E-state index contributed by atoms with van der Waals surface area (Å²) in [6.45, 7) is 5.77. The Bertz CT molecular complexity index is 839. The molecule has 7 nitrogen and oxygen atoms in total. The van der Waals surface area contributed by atoms with E-state index < -0.39 is 10.0 Å². The second-order valence-corrected chi connectivity index (χ2v) is 8.05. The molecule has 0 bridgehead atoms. The van der Waals surface area contributed by atoms with Crippen molar-refractivity contribution in [2.24, 2.45) is 7.05 Å². The van der Waals surface area contributed by atoms with Crippen LogP contribution in [0, 0.1) is 6.92 Å². The van der Waals surface area contributed by atoms with E-state index in [2.05, 4.69) is 15.1 Å². The minimum absolute atomic E-state index is 0.0628. The Labute approximate surface area is 148 Å². The standard InChI is InChI=1S/C17H24N4O3S/c1-12(2)20-25(23,24)11-15-7-5-14(6-8-15)9-18-17(22)16-10-19-21(4)13(16)3/h5-8,10,12,20H,9,11H2,1-4H3,(H,18,22). The van der Waals surface area contributed by atoms with Crippen molar-refractivity contribution in [1.82, 2.24) is 19.8 Å². The molecule has 0 radical (unpaired) electrons. The topological polar surface area (TPSA) is 93.1 Å². The van der Waals surface area contributed by atoms with Crippen LogP contribution in [-0.4, -0.2) is 30.1 Å². The average Bonchev–Trinajstić information content (AvgIpc) is 2.84. The van der Waals surface area contributed by atoms with Gasteiger partial charge in [-0.25, -0.2) is 13.1 Å². The Kier molecular flexibility index (Phi) is 5.97. The number of nitrogens with zero attached hydrogens (tertiary/aromatic N) is 2. The molecule has 1 aromatic heterocycles. The van der Waals surface area contributed by atoms with Gasteiger partial charge in [-0.05, 0) is 31.9 Å². The highest BCUT2D eigenvalue weighted by atomic mass is 32.2. The van der Waals surface area contributed by atoms with Crippen LogP contribution in [0.5, 0.6) is 0 Å². The van der Waals surface area contributed by atoms with Crippen LogP contribution in [0.3, 0.4) is 0 Å². The van der Waals surface area contributed by atoms with Crippen LogP contribution in [0.4, 0.5) is 0 Å². The lowest BCUT2D eigenvalue weighted by Gasteiger charge is -2.10. The van der Waals surface area contributed by atoms with Crippen molar-refractivity contribution in [3.8, 4) is 0 Å². The van der Waals surface area contributed by atoms with Crippen molar-refractivity contribution in [3.05, 3.63) is 52.8 Å². The van der Waals surface area contributed by atoms with Crippen LogP contribution in [0.15, 0.2) is 30.5 Å². The second kappa shape index (κ2) is 7.79. The minimum atomic E-state index is -3.34. The average molecular weight is 364 g/mol. The predicted octanol–water partition coefficient (Wildman–Crippen LogP) is 1.49. The molecule has 0 unspecified atom stereocenters. The molecule has 0 saturated carbocycles. The second-order valence-electron chi connectivity index (χ2n) is 6.30. The molecule has 0 aliphatic heterocycles. The van der Waals surface area contributed by atoms with Crippen molar-refractivity contribution in [2.75, 3.05) is 0 Å². The molecule has 2 N–H and O–H groups in total. The Balaban J connectivity index is 1.94. The molecule has 0 atom stereocenters. The number of nitrogens with one attached hydrogen (secondary N) is 2. The summed E-state index contributed by atoms with van der Waals surface area (Å²) in [4.78, 5) is 12.2. The summed E-state index contributed by atoms with van der Waals surface area (Å²) in [6, 6.07) is 7.02. The first-order chi connectivity index (χ1) is 11.7. The Morgan fingerprint density at radius 2 is 1.80 bits per heavy atom. The van der Waals surface area contributed by atoms with Gasteiger partial charge in [0.05, 0.1) is 17.5 Å². The number of sulfonamides is 1. The monoisotopic (exact) mass is 364 g/mol. The van der Waals surface area contributed by atoms with Gasteiger partial charge in [0.15, 0.2) is 0 Å². The first-order valence-electron chi connectivity index (χ1n) is 8.02. The van der Waals surface area contributed by atoms with E-state index in [9.17, 15) is 13.2 Å². The molecule has 1 aromatic carbocycles. The summed E-state index contributed by atoms with van der Waals surface area (Å²) < 4.78 is 28.1. The number of benzene rings is 1. The van der Waals surface area contributed by atoms with Gasteiger partial charge in [-0.3, -0.25) is 9.48 Å². The van der Waals surface area contributed by atoms with Crippen LogP contribution >= 0.6 is 0 Å². The smallest absolute Gasteiger partial charge is 0.255 e. The molecule has 0 spiro atoms. The molecular weight excluding hydrogens is 340 g/mol. The third-order valence-corrected chi connectivity index (χ3v) is 5.27. The number of aromatic nitrogens is 2. The van der Waals surface area contributed by atoms with Crippen molar-refractivity contribution < 1.29 is 13.2 Å². The fourth-order valence-electron chi connectivity index (χ4n) is 2.37. The first-order valence-corrected chi connectivity index (χ1v) is 9.68. The maximum atomic E-state index is 12.2. The lowest BCUT2D eigenvalue weighted by atomic mass is 10.1. The molecule has 0 aliphatic carbocycles. The highest BCUT2D eigenvalue weighted by molar-refractivity contribution is 7.88. The van der Waals surface area contributed by atoms with Gasteiger partial charge in [-0.2, -0.15) is 5.10 Å². The lowest BCUT2D eigenvalue weighted by molar-refractivity contribution is 0.0950. The first kappa shape index (κ1) is 19.1. The number of hydrogen-bond donors (Lipinski definition) is 2. The van der Waals surface area contributed by atoms with Gasteiger partial charge in [0.1, 0.15) is 0 Å². The molecule has 2 aromatic rings. The largest absolute Gasteiger partial charge is 0.348 e. The summed E-state index contributed by atoms with van der Waals surface area (Å²) in [6.07, 6.45) is 1.54. The van der Waals surface area contributed by atoms with Crippen molar-refractivity contribution in [2.45, 2.75) is 39.1 Å². The van der Waals surface area contributed by atoms with E-state index in [0.29, 0.717) is 17.7 Å². The van der Waals surface area contributed by atoms with Gasteiger partial charge in [-0.15, -0.1) is 0 Å². The fraction of sp³-hybridized carbons (Fsp3) is 0.412. The highest BCUT2D eigenvalue weighted by Crippen LogP contribution is 2.10. The number of carbonyl (C=O) groups is 1. The number of hydrogen-bond acceptors (Lipinski definition) is 4. The fourth-order valence-corrected chi connectivity index (χ4v) is 3.81. The van der Waals surface area contributed by atoms with E-state index in [0.717, 1.165) is 11.3 Å². The third kappa shape index (κ3) is 5.40. The predicted molar refractivity (Wildman–Crippen MR) is 96.5 cm³/mol. The van der Waals surface area contributed by atoms with Crippen LogP contribution in [0.25, 0.3) is 0 Å². The Morgan fingerprint density at radius 3 is 2.32 bits per heavy atom. The van der Waals surface area contributed by atoms with Gasteiger partial charge in [0.25, 0.3) is 5.91 Å².